The first-order valence-corrected chi connectivity index (χ1v) is 5.76. The van der Waals surface area contributed by atoms with Gasteiger partial charge in [0.05, 0.1) is 12.4 Å². The fourth-order valence-electron chi connectivity index (χ4n) is 1.45. The van der Waals surface area contributed by atoms with Gasteiger partial charge in [0, 0.05) is 31.3 Å². The van der Waals surface area contributed by atoms with Crippen LogP contribution in [0.5, 0.6) is 0 Å². The van der Waals surface area contributed by atoms with E-state index in [1.165, 1.54) is 0 Å². The molecule has 2 rings (SSSR count). The number of Topliss-reactive ketones (excluding diaryl/α,β-unsaturated/α-hetero) is 1. The van der Waals surface area contributed by atoms with Crippen molar-refractivity contribution in [2.24, 2.45) is 7.05 Å². The van der Waals surface area contributed by atoms with E-state index in [1.54, 1.807) is 17.1 Å². The molecule has 76 valence electrons. The smallest absolute Gasteiger partial charge is 0.200 e. The molecule has 0 aliphatic carbocycles. The molecule has 1 aromatic heterocycles. The van der Waals surface area contributed by atoms with Gasteiger partial charge in [-0.15, -0.1) is 0 Å². The van der Waals surface area contributed by atoms with E-state index >= 15 is 0 Å². The van der Waals surface area contributed by atoms with Crippen molar-refractivity contribution in [3.63, 3.8) is 0 Å². The average molecular weight is 211 g/mol. The number of nitrogens with zero attached hydrogens (tertiary/aromatic N) is 2. The predicted molar refractivity (Wildman–Crippen MR) is 56.7 cm³/mol. The Bertz CT molecular complexity index is 331. The largest absolute Gasteiger partial charge is 0.340 e. The molecule has 1 aliphatic heterocycles. The van der Waals surface area contributed by atoms with Gasteiger partial charge >= 0.3 is 0 Å². The lowest BCUT2D eigenvalue weighted by Gasteiger charge is -2.20. The molecule has 1 aromatic rings. The fraction of sp³-hybridized carbons (Fsp3) is 0.556. The van der Waals surface area contributed by atoms with Gasteiger partial charge in [0.1, 0.15) is 5.69 Å². The number of imidazole rings is 1. The van der Waals surface area contributed by atoms with E-state index in [0.717, 1.165) is 18.1 Å². The van der Waals surface area contributed by atoms with E-state index in [2.05, 4.69) is 10.3 Å². The van der Waals surface area contributed by atoms with Crippen LogP contribution < -0.4 is 5.32 Å². The zero-order valence-electron chi connectivity index (χ0n) is 8.06. The number of nitrogens with one attached hydrogen (secondary N) is 1. The second kappa shape index (κ2) is 4.14. The summed E-state index contributed by atoms with van der Waals surface area (Å²) in [5.41, 5.74) is 0.563. The highest BCUT2D eigenvalue weighted by molar-refractivity contribution is 7.99. The summed E-state index contributed by atoms with van der Waals surface area (Å²) < 4.78 is 1.79. The van der Waals surface area contributed by atoms with Gasteiger partial charge in [-0.1, -0.05) is 0 Å². The molecule has 1 atom stereocenters. The van der Waals surface area contributed by atoms with Gasteiger partial charge in [-0.05, 0) is 0 Å². The summed E-state index contributed by atoms with van der Waals surface area (Å²) in [5.74, 6) is 2.05. The molecule has 1 aliphatic rings. The van der Waals surface area contributed by atoms with Crippen LogP contribution >= 0.6 is 11.8 Å². The van der Waals surface area contributed by atoms with Crippen LogP contribution in [0.25, 0.3) is 0 Å². The Hall–Kier alpha value is -0.810. The van der Waals surface area contributed by atoms with Crippen LogP contribution in [0, 0.1) is 0 Å². The van der Waals surface area contributed by atoms with E-state index in [9.17, 15) is 4.79 Å². The number of thioether (sulfide) groups is 1. The molecular formula is C9H13N3OS. The van der Waals surface area contributed by atoms with Gasteiger partial charge in [-0.25, -0.2) is 4.98 Å². The van der Waals surface area contributed by atoms with Crippen molar-refractivity contribution in [3.05, 3.63) is 18.2 Å². The van der Waals surface area contributed by atoms with Crippen LogP contribution in [-0.4, -0.2) is 39.4 Å². The zero-order chi connectivity index (χ0) is 9.97. The van der Waals surface area contributed by atoms with Gasteiger partial charge in [-0.3, -0.25) is 4.79 Å². The van der Waals surface area contributed by atoms with E-state index < -0.39 is 0 Å². The number of carbonyl (C=O) groups is 1. The summed E-state index contributed by atoms with van der Waals surface area (Å²) >= 11 is 1.81. The fourth-order valence-corrected chi connectivity index (χ4v) is 2.39. The maximum Gasteiger partial charge on any atom is 0.200 e. The maximum absolute atomic E-state index is 11.9. The number of aromatic nitrogens is 2. The molecule has 1 fully saturated rings. The third kappa shape index (κ3) is 1.99. The number of ketones is 1. The van der Waals surface area contributed by atoms with Gasteiger partial charge in [0.15, 0.2) is 5.78 Å². The highest BCUT2D eigenvalue weighted by Crippen LogP contribution is 2.11. The quantitative estimate of drug-likeness (QED) is 0.715. The minimum Gasteiger partial charge on any atom is -0.340 e. The first-order chi connectivity index (χ1) is 6.77. The number of aryl methyl sites for hydroxylation is 1. The minimum atomic E-state index is -0.0522. The highest BCUT2D eigenvalue weighted by Gasteiger charge is 2.23. The lowest BCUT2D eigenvalue weighted by atomic mass is 10.1. The van der Waals surface area contributed by atoms with E-state index in [1.807, 2.05) is 18.8 Å². The van der Waals surface area contributed by atoms with Gasteiger partial charge in [0.25, 0.3) is 0 Å². The molecule has 14 heavy (non-hydrogen) atoms. The summed E-state index contributed by atoms with van der Waals surface area (Å²) in [6.45, 7) is 0.911. The Balaban J connectivity index is 2.07. The lowest BCUT2D eigenvalue weighted by molar-refractivity contribution is 0.0948. The summed E-state index contributed by atoms with van der Waals surface area (Å²) in [5, 5.41) is 3.21. The lowest BCUT2D eigenvalue weighted by Crippen LogP contribution is -2.43. The second-order valence-electron chi connectivity index (χ2n) is 3.37. The molecular weight excluding hydrogens is 198 g/mol. The standard InChI is InChI=1S/C9H13N3OS/c1-12-4-7(11-6-12)9(13)8-5-14-3-2-10-8/h4,6,8,10H,2-3,5H2,1H3. The highest BCUT2D eigenvalue weighted by atomic mass is 32.2. The van der Waals surface area contributed by atoms with Crippen molar-refractivity contribution in [1.82, 2.24) is 14.9 Å². The Morgan fingerprint density at radius 3 is 3.21 bits per heavy atom. The summed E-state index contributed by atoms with van der Waals surface area (Å²) in [6.07, 6.45) is 3.42. The Labute approximate surface area is 87.1 Å². The summed E-state index contributed by atoms with van der Waals surface area (Å²) in [6, 6.07) is -0.0522. The van der Waals surface area contributed by atoms with Crippen molar-refractivity contribution in [2.45, 2.75) is 6.04 Å². The van der Waals surface area contributed by atoms with Crippen molar-refractivity contribution >= 4 is 17.5 Å². The van der Waals surface area contributed by atoms with Crippen LogP contribution in [0.4, 0.5) is 0 Å². The molecule has 1 saturated heterocycles. The Kier molecular flexibility index (Phi) is 2.88. The third-order valence-electron chi connectivity index (χ3n) is 2.20. The molecule has 2 heterocycles. The minimum absolute atomic E-state index is 0.0522. The van der Waals surface area contributed by atoms with E-state index in [-0.39, 0.29) is 11.8 Å². The SMILES string of the molecule is Cn1cnc(C(=O)C2CSCCN2)c1. The molecule has 0 aromatic carbocycles. The predicted octanol–water partition coefficient (Wildman–Crippen LogP) is 0.308. The van der Waals surface area contributed by atoms with Gasteiger partial charge in [-0.2, -0.15) is 11.8 Å². The zero-order valence-corrected chi connectivity index (χ0v) is 8.88. The number of rotatable bonds is 2. The molecule has 0 bridgehead atoms. The number of hydrogen-bond donors (Lipinski definition) is 1. The van der Waals surface area contributed by atoms with Crippen LogP contribution in [0.2, 0.25) is 0 Å². The van der Waals surface area contributed by atoms with Crippen LogP contribution in [0.15, 0.2) is 12.5 Å². The Morgan fingerprint density at radius 1 is 1.79 bits per heavy atom. The van der Waals surface area contributed by atoms with Crippen molar-refractivity contribution < 1.29 is 4.79 Å². The number of hydrogen-bond acceptors (Lipinski definition) is 4. The molecule has 0 radical (unpaired) electrons. The van der Waals surface area contributed by atoms with E-state index in [4.69, 9.17) is 0 Å². The monoisotopic (exact) mass is 211 g/mol. The second-order valence-corrected chi connectivity index (χ2v) is 4.52. The summed E-state index contributed by atoms with van der Waals surface area (Å²) in [4.78, 5) is 15.9. The number of carbonyl (C=O) groups excluding carboxylic acids is 1. The van der Waals surface area contributed by atoms with Crippen molar-refractivity contribution in [3.8, 4) is 0 Å². The Morgan fingerprint density at radius 2 is 2.64 bits per heavy atom. The first-order valence-electron chi connectivity index (χ1n) is 4.60. The molecule has 5 heteroatoms. The average Bonchev–Trinajstić information content (AvgIpc) is 2.65. The molecule has 0 spiro atoms. The third-order valence-corrected chi connectivity index (χ3v) is 3.26. The van der Waals surface area contributed by atoms with Crippen molar-refractivity contribution in [1.29, 1.82) is 0 Å². The van der Waals surface area contributed by atoms with Crippen LogP contribution in [0.3, 0.4) is 0 Å². The topological polar surface area (TPSA) is 46.9 Å². The molecule has 0 saturated carbocycles. The molecule has 1 unspecified atom stereocenters. The molecule has 0 amide bonds. The first kappa shape index (κ1) is 9.73. The van der Waals surface area contributed by atoms with Gasteiger partial charge in [0.2, 0.25) is 0 Å². The summed E-state index contributed by atoms with van der Waals surface area (Å²) in [7, 11) is 1.87. The van der Waals surface area contributed by atoms with Crippen LogP contribution in [0.1, 0.15) is 10.5 Å². The van der Waals surface area contributed by atoms with Gasteiger partial charge < -0.3 is 9.88 Å². The molecule has 4 nitrogen and oxygen atoms in total. The van der Waals surface area contributed by atoms with E-state index in [0.29, 0.717) is 5.69 Å². The van der Waals surface area contributed by atoms with Crippen molar-refractivity contribution in [2.75, 3.05) is 18.1 Å². The normalized spacial score (nSPS) is 22.2. The maximum atomic E-state index is 11.9. The molecule has 1 N–H and O–H groups in total. The van der Waals surface area contributed by atoms with Crippen LogP contribution in [-0.2, 0) is 7.05 Å².